The molecule has 0 amide bonds. The van der Waals surface area contributed by atoms with Gasteiger partial charge in [0.15, 0.2) is 0 Å². The number of fused-ring (bicyclic) bond motifs is 1. The summed E-state index contributed by atoms with van der Waals surface area (Å²) in [5, 5.41) is 2.55. The van der Waals surface area contributed by atoms with Crippen molar-refractivity contribution in [2.24, 2.45) is 0 Å². The Kier molecular flexibility index (Phi) is 2.00. The highest BCUT2D eigenvalue weighted by molar-refractivity contribution is 14.1. The molecule has 0 fully saturated rings. The molecule has 2 heteroatoms. The van der Waals surface area contributed by atoms with Crippen LogP contribution in [0, 0.1) is 10.6 Å². The van der Waals surface area contributed by atoms with Crippen molar-refractivity contribution in [3.05, 3.63) is 39.7 Å². The number of pyridine rings is 1. The van der Waals surface area contributed by atoms with E-state index in [1.807, 2.05) is 12.3 Å². The number of benzene rings is 1. The van der Waals surface area contributed by atoms with Gasteiger partial charge in [-0.1, -0.05) is 18.2 Å². The largest absolute Gasteiger partial charge is 0.250 e. The number of aryl methyl sites for hydroxylation is 1. The summed E-state index contributed by atoms with van der Waals surface area (Å²) < 4.78 is 1.09. The summed E-state index contributed by atoms with van der Waals surface area (Å²) in [4.78, 5) is 4.25. The zero-order valence-corrected chi connectivity index (χ0v) is 8.87. The van der Waals surface area contributed by atoms with Gasteiger partial charge >= 0.3 is 0 Å². The van der Waals surface area contributed by atoms with Crippen molar-refractivity contribution in [3.8, 4) is 0 Å². The van der Waals surface area contributed by atoms with Gasteiger partial charge in [0.25, 0.3) is 0 Å². The monoisotopic (exact) mass is 269 g/mol. The first-order valence-corrected chi connectivity index (χ1v) is 4.87. The van der Waals surface area contributed by atoms with Gasteiger partial charge in [0, 0.05) is 11.6 Å². The fourth-order valence-corrected chi connectivity index (χ4v) is 2.26. The van der Waals surface area contributed by atoms with Gasteiger partial charge in [-0.2, -0.15) is 0 Å². The number of halogens is 1. The summed E-state index contributed by atoms with van der Waals surface area (Å²) in [7, 11) is 0. The van der Waals surface area contributed by atoms with Crippen molar-refractivity contribution in [2.45, 2.75) is 6.92 Å². The third-order valence-corrected chi connectivity index (χ3v) is 2.77. The van der Waals surface area contributed by atoms with Crippen LogP contribution in [-0.4, -0.2) is 4.98 Å². The van der Waals surface area contributed by atoms with Gasteiger partial charge in [-0.3, -0.25) is 0 Å². The maximum absolute atomic E-state index is 4.25. The zero-order chi connectivity index (χ0) is 8.55. The van der Waals surface area contributed by atoms with Crippen LogP contribution < -0.4 is 0 Å². The quantitative estimate of drug-likeness (QED) is 0.529. The molecule has 0 saturated carbocycles. The van der Waals surface area contributed by atoms with E-state index < -0.39 is 0 Å². The lowest BCUT2D eigenvalue weighted by Gasteiger charge is -2.01. The average Bonchev–Trinajstić information content (AvgIpc) is 2.04. The van der Waals surface area contributed by atoms with Crippen molar-refractivity contribution < 1.29 is 0 Å². The molecule has 1 aromatic heterocycles. The van der Waals surface area contributed by atoms with Crippen molar-refractivity contribution >= 4 is 33.4 Å². The molecule has 2 aromatic rings. The van der Waals surface area contributed by atoms with Crippen LogP contribution in [0.5, 0.6) is 0 Å². The van der Waals surface area contributed by atoms with Crippen LogP contribution in [0.3, 0.4) is 0 Å². The molecule has 60 valence electrons. The number of aromatic nitrogens is 1. The molecule has 0 spiro atoms. The Balaban J connectivity index is 2.96. The second kappa shape index (κ2) is 3.01. The number of hydrogen-bond donors (Lipinski definition) is 0. The number of hydrogen-bond acceptors (Lipinski definition) is 1. The average molecular weight is 269 g/mol. The smallest absolute Gasteiger partial charge is 0.109 e. The molecule has 1 heterocycles. The van der Waals surface area contributed by atoms with Gasteiger partial charge in [-0.25, -0.2) is 4.98 Å². The minimum Gasteiger partial charge on any atom is -0.250 e. The Morgan fingerprint density at radius 3 is 2.83 bits per heavy atom. The van der Waals surface area contributed by atoms with E-state index in [2.05, 4.69) is 52.7 Å². The molecule has 12 heavy (non-hydrogen) atoms. The summed E-state index contributed by atoms with van der Waals surface area (Å²) >= 11 is 2.27. The van der Waals surface area contributed by atoms with Crippen molar-refractivity contribution in [1.82, 2.24) is 4.98 Å². The molecular weight excluding hydrogens is 261 g/mol. The van der Waals surface area contributed by atoms with Crippen LogP contribution in [0.15, 0.2) is 30.5 Å². The Hall–Kier alpha value is -0.640. The van der Waals surface area contributed by atoms with Crippen LogP contribution in [0.1, 0.15) is 5.56 Å². The number of nitrogens with zero attached hydrogens (tertiary/aromatic N) is 1. The number of rotatable bonds is 0. The van der Waals surface area contributed by atoms with Gasteiger partial charge in [-0.05, 0) is 46.5 Å². The van der Waals surface area contributed by atoms with Crippen LogP contribution >= 0.6 is 22.6 Å². The Bertz CT molecular complexity index is 386. The van der Waals surface area contributed by atoms with Gasteiger partial charge in [-0.15, -0.1) is 0 Å². The first-order chi connectivity index (χ1) is 5.79. The van der Waals surface area contributed by atoms with Crippen molar-refractivity contribution in [3.63, 3.8) is 0 Å². The highest BCUT2D eigenvalue weighted by atomic mass is 127. The topological polar surface area (TPSA) is 12.9 Å². The fourth-order valence-electron chi connectivity index (χ4n) is 1.36. The molecule has 0 aliphatic heterocycles. The lowest BCUT2D eigenvalue weighted by Crippen LogP contribution is -1.85. The van der Waals surface area contributed by atoms with E-state index in [-0.39, 0.29) is 0 Å². The van der Waals surface area contributed by atoms with Crippen molar-refractivity contribution in [1.29, 1.82) is 0 Å². The first kappa shape index (κ1) is 7.98. The maximum atomic E-state index is 4.25. The second-order valence-electron chi connectivity index (χ2n) is 2.77. The lowest BCUT2D eigenvalue weighted by atomic mass is 10.1. The SMILES string of the molecule is Cc1cccc2ccnc(I)c12. The van der Waals surface area contributed by atoms with Gasteiger partial charge in [0.2, 0.25) is 0 Å². The van der Waals surface area contributed by atoms with E-state index in [1.54, 1.807) is 0 Å². The minimum atomic E-state index is 1.09. The molecule has 0 unspecified atom stereocenters. The minimum absolute atomic E-state index is 1.09. The van der Waals surface area contributed by atoms with Crippen LogP contribution in [0.2, 0.25) is 0 Å². The molecule has 0 N–H and O–H groups in total. The van der Waals surface area contributed by atoms with Gasteiger partial charge in [0.05, 0.1) is 0 Å². The van der Waals surface area contributed by atoms with Crippen LogP contribution in [0.25, 0.3) is 10.8 Å². The van der Waals surface area contributed by atoms with E-state index in [4.69, 9.17) is 0 Å². The molecule has 1 aromatic carbocycles. The summed E-state index contributed by atoms with van der Waals surface area (Å²) in [6.45, 7) is 2.12. The predicted molar refractivity (Wildman–Crippen MR) is 59.2 cm³/mol. The predicted octanol–water partition coefficient (Wildman–Crippen LogP) is 3.15. The molecule has 0 atom stereocenters. The standard InChI is InChI=1S/C10H8IN/c1-7-3-2-4-8-5-6-12-10(11)9(7)8/h2-6H,1H3. The molecule has 0 aliphatic rings. The van der Waals surface area contributed by atoms with Crippen LogP contribution in [-0.2, 0) is 0 Å². The highest BCUT2D eigenvalue weighted by Crippen LogP contribution is 2.21. The zero-order valence-electron chi connectivity index (χ0n) is 6.71. The molecular formula is C10H8IN. The first-order valence-electron chi connectivity index (χ1n) is 3.79. The van der Waals surface area contributed by atoms with Crippen LogP contribution in [0.4, 0.5) is 0 Å². The summed E-state index contributed by atoms with van der Waals surface area (Å²) in [5.41, 5.74) is 1.30. The third kappa shape index (κ3) is 1.20. The molecule has 1 nitrogen and oxygen atoms in total. The van der Waals surface area contributed by atoms with E-state index in [9.17, 15) is 0 Å². The molecule has 0 bridgehead atoms. The van der Waals surface area contributed by atoms with Crippen molar-refractivity contribution in [2.75, 3.05) is 0 Å². The summed E-state index contributed by atoms with van der Waals surface area (Å²) in [5.74, 6) is 0. The molecule has 0 aliphatic carbocycles. The third-order valence-electron chi connectivity index (χ3n) is 1.95. The Labute approximate surface area is 85.0 Å². The van der Waals surface area contributed by atoms with Gasteiger partial charge in [0.1, 0.15) is 3.70 Å². The summed E-state index contributed by atoms with van der Waals surface area (Å²) in [6.07, 6.45) is 1.85. The summed E-state index contributed by atoms with van der Waals surface area (Å²) in [6, 6.07) is 8.36. The fraction of sp³-hybridized carbons (Fsp3) is 0.100. The molecule has 0 saturated heterocycles. The van der Waals surface area contributed by atoms with Gasteiger partial charge < -0.3 is 0 Å². The normalized spacial score (nSPS) is 10.5. The van der Waals surface area contributed by atoms with E-state index in [1.165, 1.54) is 16.3 Å². The highest BCUT2D eigenvalue weighted by Gasteiger charge is 2.00. The second-order valence-corrected chi connectivity index (χ2v) is 3.80. The lowest BCUT2D eigenvalue weighted by molar-refractivity contribution is 1.30. The van der Waals surface area contributed by atoms with E-state index >= 15 is 0 Å². The molecule has 2 rings (SSSR count). The van der Waals surface area contributed by atoms with E-state index in [0.29, 0.717) is 0 Å². The Morgan fingerprint density at radius 2 is 2.08 bits per heavy atom. The maximum Gasteiger partial charge on any atom is 0.109 e. The molecule has 0 radical (unpaired) electrons. The Morgan fingerprint density at radius 1 is 1.25 bits per heavy atom. The van der Waals surface area contributed by atoms with E-state index in [0.717, 1.165) is 3.70 Å².